The standard InChI is InChI=1S/C13H12BrN3O/c1-9-5-4-8-12(15-9)17-13(18)16-11-7-3-2-6-10(11)14/h2-8H,1H3,(H2,15,16,17,18). The zero-order valence-corrected chi connectivity index (χ0v) is 11.4. The molecule has 0 aliphatic rings. The molecule has 0 aliphatic carbocycles. The zero-order valence-electron chi connectivity index (χ0n) is 9.77. The van der Waals surface area contributed by atoms with Gasteiger partial charge in [-0.1, -0.05) is 18.2 Å². The Morgan fingerprint density at radius 2 is 1.89 bits per heavy atom. The molecule has 92 valence electrons. The lowest BCUT2D eigenvalue weighted by Crippen LogP contribution is -2.20. The second-order valence-corrected chi connectivity index (χ2v) is 4.58. The molecule has 0 spiro atoms. The van der Waals surface area contributed by atoms with Crippen molar-refractivity contribution in [1.29, 1.82) is 0 Å². The van der Waals surface area contributed by atoms with Crippen molar-refractivity contribution in [2.75, 3.05) is 10.6 Å². The predicted octanol–water partition coefficient (Wildman–Crippen LogP) is 3.80. The molecule has 0 radical (unpaired) electrons. The average molecular weight is 306 g/mol. The largest absolute Gasteiger partial charge is 0.324 e. The maximum atomic E-state index is 11.8. The molecule has 2 N–H and O–H groups in total. The molecule has 0 saturated heterocycles. The third-order valence-electron chi connectivity index (χ3n) is 2.25. The van der Waals surface area contributed by atoms with E-state index in [1.807, 2.05) is 43.3 Å². The van der Waals surface area contributed by atoms with Gasteiger partial charge < -0.3 is 5.32 Å². The second-order valence-electron chi connectivity index (χ2n) is 3.72. The number of nitrogens with one attached hydrogen (secondary N) is 2. The van der Waals surface area contributed by atoms with Gasteiger partial charge >= 0.3 is 6.03 Å². The summed E-state index contributed by atoms with van der Waals surface area (Å²) in [5.41, 5.74) is 1.57. The minimum absolute atomic E-state index is 0.319. The number of carbonyl (C=O) groups excluding carboxylic acids is 1. The predicted molar refractivity (Wildman–Crippen MR) is 75.8 cm³/mol. The highest BCUT2D eigenvalue weighted by molar-refractivity contribution is 9.10. The average Bonchev–Trinajstić information content (AvgIpc) is 2.32. The van der Waals surface area contributed by atoms with Crippen molar-refractivity contribution in [3.8, 4) is 0 Å². The van der Waals surface area contributed by atoms with Crippen LogP contribution in [0.4, 0.5) is 16.3 Å². The van der Waals surface area contributed by atoms with Crippen LogP contribution in [0.25, 0.3) is 0 Å². The summed E-state index contributed by atoms with van der Waals surface area (Å²) in [7, 11) is 0. The van der Waals surface area contributed by atoms with Gasteiger partial charge in [0.15, 0.2) is 0 Å². The number of pyridine rings is 1. The molecule has 5 heteroatoms. The number of aromatic nitrogens is 1. The minimum atomic E-state index is -0.319. The summed E-state index contributed by atoms with van der Waals surface area (Å²) in [4.78, 5) is 16.0. The van der Waals surface area contributed by atoms with Crippen LogP contribution in [0.3, 0.4) is 0 Å². The number of amides is 2. The Labute approximate surface area is 114 Å². The van der Waals surface area contributed by atoms with Gasteiger partial charge in [-0.3, -0.25) is 5.32 Å². The molecule has 0 bridgehead atoms. The van der Waals surface area contributed by atoms with Crippen molar-refractivity contribution in [3.63, 3.8) is 0 Å². The minimum Gasteiger partial charge on any atom is -0.307 e. The van der Waals surface area contributed by atoms with Crippen LogP contribution in [-0.4, -0.2) is 11.0 Å². The molecule has 1 heterocycles. The summed E-state index contributed by atoms with van der Waals surface area (Å²) in [6, 6.07) is 12.5. The van der Waals surface area contributed by atoms with Crippen LogP contribution >= 0.6 is 15.9 Å². The van der Waals surface area contributed by atoms with E-state index in [1.54, 1.807) is 6.07 Å². The third kappa shape index (κ3) is 3.30. The van der Waals surface area contributed by atoms with E-state index in [9.17, 15) is 4.79 Å². The number of para-hydroxylation sites is 1. The van der Waals surface area contributed by atoms with Crippen LogP contribution in [0.1, 0.15) is 5.69 Å². The van der Waals surface area contributed by atoms with Crippen LogP contribution in [0.15, 0.2) is 46.9 Å². The van der Waals surface area contributed by atoms with Gasteiger partial charge in [0.1, 0.15) is 5.82 Å². The normalized spacial score (nSPS) is 9.89. The Morgan fingerprint density at radius 1 is 1.11 bits per heavy atom. The summed E-state index contributed by atoms with van der Waals surface area (Å²) in [5, 5.41) is 5.42. The van der Waals surface area contributed by atoms with E-state index in [2.05, 4.69) is 31.5 Å². The quantitative estimate of drug-likeness (QED) is 0.886. The Kier molecular flexibility index (Phi) is 3.94. The fraction of sp³-hybridized carbons (Fsp3) is 0.0769. The number of nitrogens with zero attached hydrogens (tertiary/aromatic N) is 1. The van der Waals surface area contributed by atoms with Crippen molar-refractivity contribution in [2.24, 2.45) is 0 Å². The molecular formula is C13H12BrN3O. The molecule has 2 rings (SSSR count). The molecule has 18 heavy (non-hydrogen) atoms. The summed E-state index contributed by atoms with van der Waals surface area (Å²) >= 11 is 3.36. The van der Waals surface area contributed by atoms with Gasteiger partial charge in [-0.15, -0.1) is 0 Å². The summed E-state index contributed by atoms with van der Waals surface area (Å²) in [6.07, 6.45) is 0. The maximum Gasteiger partial charge on any atom is 0.324 e. The highest BCUT2D eigenvalue weighted by Gasteiger charge is 2.05. The Balaban J connectivity index is 2.03. The van der Waals surface area contributed by atoms with Crippen LogP contribution in [-0.2, 0) is 0 Å². The van der Waals surface area contributed by atoms with Gasteiger partial charge in [0.05, 0.1) is 5.69 Å². The number of anilines is 2. The second kappa shape index (κ2) is 5.64. The molecular weight excluding hydrogens is 294 g/mol. The number of hydrogen-bond donors (Lipinski definition) is 2. The number of urea groups is 1. The molecule has 0 unspecified atom stereocenters. The Hall–Kier alpha value is -1.88. The first kappa shape index (κ1) is 12.6. The zero-order chi connectivity index (χ0) is 13.0. The van der Waals surface area contributed by atoms with Crippen LogP contribution < -0.4 is 10.6 Å². The fourth-order valence-corrected chi connectivity index (χ4v) is 1.83. The molecule has 0 atom stereocenters. The monoisotopic (exact) mass is 305 g/mol. The summed E-state index contributed by atoms with van der Waals surface area (Å²) < 4.78 is 0.831. The van der Waals surface area contributed by atoms with E-state index < -0.39 is 0 Å². The van der Waals surface area contributed by atoms with Crippen LogP contribution in [0, 0.1) is 6.92 Å². The van der Waals surface area contributed by atoms with E-state index in [0.717, 1.165) is 10.2 Å². The first-order valence-corrected chi connectivity index (χ1v) is 6.20. The van der Waals surface area contributed by atoms with Gasteiger partial charge in [-0.05, 0) is 47.1 Å². The van der Waals surface area contributed by atoms with Crippen molar-refractivity contribution in [1.82, 2.24) is 4.98 Å². The number of benzene rings is 1. The van der Waals surface area contributed by atoms with Crippen LogP contribution in [0.5, 0.6) is 0 Å². The maximum absolute atomic E-state index is 11.8. The summed E-state index contributed by atoms with van der Waals surface area (Å²) in [6.45, 7) is 1.87. The van der Waals surface area contributed by atoms with Gasteiger partial charge in [0.2, 0.25) is 0 Å². The summed E-state index contributed by atoms with van der Waals surface area (Å²) in [5.74, 6) is 0.527. The van der Waals surface area contributed by atoms with E-state index in [0.29, 0.717) is 11.5 Å². The van der Waals surface area contributed by atoms with Gasteiger partial charge in [0, 0.05) is 10.2 Å². The first-order chi connectivity index (χ1) is 8.65. The van der Waals surface area contributed by atoms with Gasteiger partial charge in [0.25, 0.3) is 0 Å². The molecule has 1 aromatic carbocycles. The number of halogens is 1. The molecule has 2 amide bonds. The molecule has 0 aliphatic heterocycles. The third-order valence-corrected chi connectivity index (χ3v) is 2.94. The van der Waals surface area contributed by atoms with Crippen molar-refractivity contribution >= 4 is 33.5 Å². The molecule has 1 aromatic heterocycles. The highest BCUT2D eigenvalue weighted by Crippen LogP contribution is 2.21. The van der Waals surface area contributed by atoms with E-state index >= 15 is 0 Å². The molecule has 2 aromatic rings. The molecule has 0 saturated carbocycles. The smallest absolute Gasteiger partial charge is 0.307 e. The van der Waals surface area contributed by atoms with Crippen LogP contribution in [0.2, 0.25) is 0 Å². The Morgan fingerprint density at radius 3 is 2.61 bits per heavy atom. The lowest BCUT2D eigenvalue weighted by molar-refractivity contribution is 0.262. The molecule has 4 nitrogen and oxygen atoms in total. The fourth-order valence-electron chi connectivity index (χ4n) is 1.45. The van der Waals surface area contributed by atoms with E-state index in [1.165, 1.54) is 0 Å². The number of rotatable bonds is 2. The number of carbonyl (C=O) groups is 1. The number of hydrogen-bond acceptors (Lipinski definition) is 2. The van der Waals surface area contributed by atoms with Crippen molar-refractivity contribution < 1.29 is 4.79 Å². The van der Waals surface area contributed by atoms with Crippen molar-refractivity contribution in [3.05, 3.63) is 52.6 Å². The topological polar surface area (TPSA) is 54.0 Å². The SMILES string of the molecule is Cc1cccc(NC(=O)Nc2ccccc2Br)n1. The van der Waals surface area contributed by atoms with E-state index in [-0.39, 0.29) is 6.03 Å². The van der Waals surface area contributed by atoms with Gasteiger partial charge in [-0.25, -0.2) is 9.78 Å². The van der Waals surface area contributed by atoms with Gasteiger partial charge in [-0.2, -0.15) is 0 Å². The van der Waals surface area contributed by atoms with E-state index in [4.69, 9.17) is 0 Å². The number of aryl methyl sites for hydroxylation is 1. The van der Waals surface area contributed by atoms with Crippen molar-refractivity contribution in [2.45, 2.75) is 6.92 Å². The lowest BCUT2D eigenvalue weighted by Gasteiger charge is -2.08. The first-order valence-electron chi connectivity index (χ1n) is 5.41. The Bertz CT molecular complexity index is 572. The highest BCUT2D eigenvalue weighted by atomic mass is 79.9. The molecule has 0 fully saturated rings. The lowest BCUT2D eigenvalue weighted by atomic mass is 10.3.